The van der Waals surface area contributed by atoms with Crippen molar-refractivity contribution in [1.29, 1.82) is 0 Å². The maximum Gasteiger partial charge on any atom is 0.133 e. The van der Waals surface area contributed by atoms with Crippen LogP contribution in [-0.2, 0) is 6.54 Å². The van der Waals surface area contributed by atoms with E-state index in [0.717, 1.165) is 27.2 Å². The maximum absolute atomic E-state index is 5.61. The molecule has 2 N–H and O–H groups in total. The third-order valence-electron chi connectivity index (χ3n) is 3.08. The van der Waals surface area contributed by atoms with Crippen LogP contribution in [0, 0.1) is 0 Å². The monoisotopic (exact) mass is 320 g/mol. The molecule has 0 radical (unpaired) electrons. The Morgan fingerprint density at radius 2 is 1.74 bits per heavy atom. The molecule has 2 aromatic rings. The van der Waals surface area contributed by atoms with Gasteiger partial charge in [0, 0.05) is 25.0 Å². The van der Waals surface area contributed by atoms with E-state index in [-0.39, 0.29) is 0 Å². The Hall–Kier alpha value is -1.52. The minimum atomic E-state index is 0.568. The van der Waals surface area contributed by atoms with Gasteiger partial charge in [0.25, 0.3) is 0 Å². The lowest BCUT2D eigenvalue weighted by atomic mass is 10.2. The van der Waals surface area contributed by atoms with Gasteiger partial charge in [-0.1, -0.05) is 12.1 Å². The first-order valence-electron chi connectivity index (χ1n) is 6.02. The molecule has 4 heteroatoms. The fourth-order valence-corrected chi connectivity index (χ4v) is 2.40. The van der Waals surface area contributed by atoms with Gasteiger partial charge in [0.05, 0.1) is 11.6 Å². The van der Waals surface area contributed by atoms with Gasteiger partial charge in [-0.05, 0) is 51.8 Å². The summed E-state index contributed by atoms with van der Waals surface area (Å²) in [7, 11) is 3.70. The average molecular weight is 321 g/mol. The van der Waals surface area contributed by atoms with Crippen LogP contribution in [0.3, 0.4) is 0 Å². The second-order valence-corrected chi connectivity index (χ2v) is 5.10. The molecule has 19 heavy (non-hydrogen) atoms. The zero-order chi connectivity index (χ0) is 13.8. The highest BCUT2D eigenvalue weighted by Gasteiger charge is 2.07. The number of nitrogens with two attached hydrogens (primary N) is 1. The second kappa shape index (κ2) is 6.08. The van der Waals surface area contributed by atoms with Crippen molar-refractivity contribution in [3.63, 3.8) is 0 Å². The van der Waals surface area contributed by atoms with Gasteiger partial charge in [-0.25, -0.2) is 0 Å². The minimum Gasteiger partial charge on any atom is -0.496 e. The minimum absolute atomic E-state index is 0.568. The number of benzene rings is 2. The molecule has 0 aliphatic rings. The number of ether oxygens (including phenoxy) is 1. The number of methoxy groups -OCH3 is 1. The SMILES string of the molecule is COc1ccc(N(C)c2ccc(CN)cc2)cc1Br. The van der Waals surface area contributed by atoms with Crippen LogP contribution < -0.4 is 15.4 Å². The van der Waals surface area contributed by atoms with Crippen molar-refractivity contribution in [2.45, 2.75) is 6.54 Å². The molecule has 0 bridgehead atoms. The molecule has 100 valence electrons. The number of nitrogens with zero attached hydrogens (tertiary/aromatic N) is 1. The number of anilines is 2. The standard InChI is InChI=1S/C15H17BrN2O/c1-18(12-5-3-11(10-17)4-6-12)13-7-8-15(19-2)14(16)9-13/h3-9H,10,17H2,1-2H3. The quantitative estimate of drug-likeness (QED) is 0.933. The lowest BCUT2D eigenvalue weighted by Crippen LogP contribution is -2.09. The van der Waals surface area contributed by atoms with Crippen LogP contribution in [0.2, 0.25) is 0 Å². The molecule has 2 rings (SSSR count). The molecule has 0 unspecified atom stereocenters. The Morgan fingerprint density at radius 1 is 1.11 bits per heavy atom. The molecule has 0 amide bonds. The molecule has 0 aliphatic heterocycles. The van der Waals surface area contributed by atoms with Crippen molar-refractivity contribution in [2.24, 2.45) is 5.73 Å². The van der Waals surface area contributed by atoms with Crippen molar-refractivity contribution in [3.05, 3.63) is 52.5 Å². The molecule has 0 saturated carbocycles. The second-order valence-electron chi connectivity index (χ2n) is 4.25. The van der Waals surface area contributed by atoms with Gasteiger partial charge in [0.15, 0.2) is 0 Å². The topological polar surface area (TPSA) is 38.5 Å². The van der Waals surface area contributed by atoms with Gasteiger partial charge in [0.2, 0.25) is 0 Å². The molecule has 0 aromatic heterocycles. The smallest absolute Gasteiger partial charge is 0.133 e. The summed E-state index contributed by atoms with van der Waals surface area (Å²) in [4.78, 5) is 2.12. The van der Waals surface area contributed by atoms with Crippen molar-refractivity contribution in [1.82, 2.24) is 0 Å². The number of rotatable bonds is 4. The fourth-order valence-electron chi connectivity index (χ4n) is 1.87. The molecule has 0 spiro atoms. The first kappa shape index (κ1) is 13.9. The van der Waals surface area contributed by atoms with E-state index in [9.17, 15) is 0 Å². The van der Waals surface area contributed by atoms with E-state index in [2.05, 4.69) is 33.0 Å². The molecule has 0 fully saturated rings. The van der Waals surface area contributed by atoms with Crippen molar-refractivity contribution >= 4 is 27.3 Å². The van der Waals surface area contributed by atoms with E-state index in [1.54, 1.807) is 7.11 Å². The van der Waals surface area contributed by atoms with E-state index in [1.165, 1.54) is 0 Å². The fraction of sp³-hybridized carbons (Fsp3) is 0.200. The third-order valence-corrected chi connectivity index (χ3v) is 3.70. The summed E-state index contributed by atoms with van der Waals surface area (Å²) in [6.07, 6.45) is 0. The lowest BCUT2D eigenvalue weighted by molar-refractivity contribution is 0.412. The van der Waals surface area contributed by atoms with Gasteiger partial charge < -0.3 is 15.4 Å². The lowest BCUT2D eigenvalue weighted by Gasteiger charge is -2.20. The van der Waals surface area contributed by atoms with Gasteiger partial charge in [-0.3, -0.25) is 0 Å². The molecule has 0 heterocycles. The van der Waals surface area contributed by atoms with Gasteiger partial charge in [-0.15, -0.1) is 0 Å². The van der Waals surface area contributed by atoms with E-state index in [0.29, 0.717) is 6.54 Å². The summed E-state index contributed by atoms with van der Waals surface area (Å²) in [5, 5.41) is 0. The van der Waals surface area contributed by atoms with E-state index in [1.807, 2.05) is 37.4 Å². The summed E-state index contributed by atoms with van der Waals surface area (Å²) >= 11 is 3.50. The van der Waals surface area contributed by atoms with Crippen LogP contribution >= 0.6 is 15.9 Å². The first-order valence-corrected chi connectivity index (χ1v) is 6.81. The van der Waals surface area contributed by atoms with Gasteiger partial charge in [-0.2, -0.15) is 0 Å². The van der Waals surface area contributed by atoms with Crippen LogP contribution in [0.4, 0.5) is 11.4 Å². The molecule has 0 saturated heterocycles. The number of halogens is 1. The average Bonchev–Trinajstić information content (AvgIpc) is 2.46. The number of hydrogen-bond donors (Lipinski definition) is 1. The first-order chi connectivity index (χ1) is 9.15. The Labute approximate surface area is 122 Å². The van der Waals surface area contributed by atoms with Crippen LogP contribution in [0.1, 0.15) is 5.56 Å². The number of hydrogen-bond acceptors (Lipinski definition) is 3. The summed E-state index contributed by atoms with van der Waals surface area (Å²) in [6.45, 7) is 0.568. The zero-order valence-corrected chi connectivity index (χ0v) is 12.6. The highest BCUT2D eigenvalue weighted by atomic mass is 79.9. The van der Waals surface area contributed by atoms with E-state index >= 15 is 0 Å². The van der Waals surface area contributed by atoms with E-state index in [4.69, 9.17) is 10.5 Å². The largest absolute Gasteiger partial charge is 0.496 e. The summed E-state index contributed by atoms with van der Waals surface area (Å²) in [5.74, 6) is 0.829. The van der Waals surface area contributed by atoms with Crippen LogP contribution in [-0.4, -0.2) is 14.2 Å². The molecule has 0 atom stereocenters. The van der Waals surface area contributed by atoms with Gasteiger partial charge in [0.1, 0.15) is 5.75 Å². The molecule has 2 aromatic carbocycles. The zero-order valence-electron chi connectivity index (χ0n) is 11.1. The van der Waals surface area contributed by atoms with E-state index < -0.39 is 0 Å². The van der Waals surface area contributed by atoms with Crippen molar-refractivity contribution in [3.8, 4) is 5.75 Å². The Balaban J connectivity index is 2.27. The summed E-state index contributed by atoms with van der Waals surface area (Å²) < 4.78 is 6.18. The predicted octanol–water partition coefficient (Wildman–Crippen LogP) is 3.68. The van der Waals surface area contributed by atoms with Crippen LogP contribution in [0.5, 0.6) is 5.75 Å². The molecular formula is C15H17BrN2O. The van der Waals surface area contributed by atoms with Crippen molar-refractivity contribution in [2.75, 3.05) is 19.1 Å². The summed E-state index contributed by atoms with van der Waals surface area (Å²) in [6, 6.07) is 14.2. The maximum atomic E-state index is 5.61. The Kier molecular flexibility index (Phi) is 4.45. The predicted molar refractivity (Wildman–Crippen MR) is 83.1 cm³/mol. The Bertz CT molecular complexity index is 555. The molecule has 3 nitrogen and oxygen atoms in total. The molecule has 0 aliphatic carbocycles. The highest BCUT2D eigenvalue weighted by molar-refractivity contribution is 9.10. The Morgan fingerprint density at radius 3 is 2.26 bits per heavy atom. The molecular weight excluding hydrogens is 304 g/mol. The van der Waals surface area contributed by atoms with Crippen molar-refractivity contribution < 1.29 is 4.74 Å². The summed E-state index contributed by atoms with van der Waals surface area (Å²) in [5.41, 5.74) is 8.95. The highest BCUT2D eigenvalue weighted by Crippen LogP contribution is 2.32. The van der Waals surface area contributed by atoms with Crippen LogP contribution in [0.25, 0.3) is 0 Å². The van der Waals surface area contributed by atoms with Crippen LogP contribution in [0.15, 0.2) is 46.9 Å². The third kappa shape index (κ3) is 3.08. The normalized spacial score (nSPS) is 10.3. The van der Waals surface area contributed by atoms with Gasteiger partial charge >= 0.3 is 0 Å².